The van der Waals surface area contributed by atoms with Crippen LogP contribution in [0.5, 0.6) is 0 Å². The summed E-state index contributed by atoms with van der Waals surface area (Å²) >= 11 is 7.48. The fourth-order valence-electron chi connectivity index (χ4n) is 4.24. The fourth-order valence-corrected chi connectivity index (χ4v) is 5.32. The molecule has 1 saturated heterocycles. The lowest BCUT2D eigenvalue weighted by Crippen LogP contribution is -2.61. The number of benzene rings is 1. The van der Waals surface area contributed by atoms with Gasteiger partial charge in [0.15, 0.2) is 0 Å². The van der Waals surface area contributed by atoms with E-state index in [9.17, 15) is 9.59 Å². The van der Waals surface area contributed by atoms with Crippen LogP contribution < -0.4 is 5.73 Å². The van der Waals surface area contributed by atoms with Crippen molar-refractivity contribution in [2.75, 3.05) is 12.3 Å². The summed E-state index contributed by atoms with van der Waals surface area (Å²) in [5.41, 5.74) is 7.64. The first kappa shape index (κ1) is 22.5. The summed E-state index contributed by atoms with van der Waals surface area (Å²) in [4.78, 5) is 39.3. The average molecular weight is 472 g/mol. The maximum Gasteiger partial charge on any atom is 0.245 e. The van der Waals surface area contributed by atoms with Gasteiger partial charge in [0.1, 0.15) is 18.2 Å². The molecule has 2 aromatic heterocycles. The Bertz CT molecular complexity index is 1150. The second-order valence-electron chi connectivity index (χ2n) is 8.10. The lowest BCUT2D eigenvalue weighted by atomic mass is 10.0. The number of hydrogen-bond acceptors (Lipinski definition) is 6. The molecule has 1 aliphatic heterocycles. The summed E-state index contributed by atoms with van der Waals surface area (Å²) in [5, 5.41) is 0.796. The topological polar surface area (TPSA) is 92.4 Å². The first-order valence-corrected chi connectivity index (χ1v) is 11.9. The Morgan fingerprint density at radius 3 is 2.81 bits per heavy atom. The lowest BCUT2D eigenvalue weighted by Gasteiger charge is -2.44. The predicted molar refractivity (Wildman–Crippen MR) is 127 cm³/mol. The van der Waals surface area contributed by atoms with E-state index >= 15 is 0 Å². The van der Waals surface area contributed by atoms with Crippen LogP contribution in [0.4, 0.5) is 5.82 Å². The number of thiophene rings is 1. The van der Waals surface area contributed by atoms with Crippen molar-refractivity contribution in [2.45, 2.75) is 51.7 Å². The lowest BCUT2D eigenvalue weighted by molar-refractivity contribution is -0.155. The van der Waals surface area contributed by atoms with Gasteiger partial charge in [-0.25, -0.2) is 9.97 Å². The number of fused-ring (bicyclic) bond motifs is 1. The predicted octanol–water partition coefficient (Wildman–Crippen LogP) is 3.90. The number of hydrogen-bond donors (Lipinski definition) is 1. The van der Waals surface area contributed by atoms with Crippen molar-refractivity contribution in [3.05, 3.63) is 51.4 Å². The van der Waals surface area contributed by atoms with Gasteiger partial charge in [0.2, 0.25) is 11.8 Å². The molecule has 7 nitrogen and oxygen atoms in total. The van der Waals surface area contributed by atoms with Crippen molar-refractivity contribution in [1.82, 2.24) is 19.8 Å². The third-order valence-electron chi connectivity index (χ3n) is 5.94. The number of anilines is 1. The summed E-state index contributed by atoms with van der Waals surface area (Å²) in [5.74, 6) is 0.439. The van der Waals surface area contributed by atoms with Crippen LogP contribution in [0.25, 0.3) is 10.9 Å². The summed E-state index contributed by atoms with van der Waals surface area (Å²) in [6, 6.07) is 9.05. The first-order chi connectivity index (χ1) is 15.4. The van der Waals surface area contributed by atoms with Crippen molar-refractivity contribution < 1.29 is 9.59 Å². The Morgan fingerprint density at radius 1 is 1.28 bits per heavy atom. The SMILES string of the molecule is CC[C@H]1C(=O)N(Cc2ccc3c(N)ncnc3c2)C(C)CN1C(=O)CCc1ccc(Cl)s1. The van der Waals surface area contributed by atoms with Gasteiger partial charge in [-0.3, -0.25) is 9.59 Å². The number of amides is 2. The molecule has 4 rings (SSSR count). The monoisotopic (exact) mass is 471 g/mol. The highest BCUT2D eigenvalue weighted by atomic mass is 35.5. The molecule has 2 amide bonds. The van der Waals surface area contributed by atoms with E-state index in [0.717, 1.165) is 25.7 Å². The van der Waals surface area contributed by atoms with Gasteiger partial charge >= 0.3 is 0 Å². The molecule has 0 aliphatic carbocycles. The minimum Gasteiger partial charge on any atom is -0.383 e. The van der Waals surface area contributed by atoms with Crippen LogP contribution in [0.1, 0.15) is 37.1 Å². The number of carbonyl (C=O) groups excluding carboxylic acids is 2. The second kappa shape index (κ2) is 9.42. The quantitative estimate of drug-likeness (QED) is 0.588. The van der Waals surface area contributed by atoms with E-state index in [4.69, 9.17) is 17.3 Å². The van der Waals surface area contributed by atoms with E-state index in [1.54, 1.807) is 4.90 Å². The number of aromatic nitrogens is 2. The van der Waals surface area contributed by atoms with Crippen LogP contribution in [0, 0.1) is 0 Å². The van der Waals surface area contributed by atoms with Gasteiger partial charge in [0.25, 0.3) is 0 Å². The highest BCUT2D eigenvalue weighted by Gasteiger charge is 2.39. The summed E-state index contributed by atoms with van der Waals surface area (Å²) in [7, 11) is 0. The standard InChI is InChI=1S/C23H26ClN5O2S/c1-3-19-23(31)28(12-15-4-7-17-18(10-15)26-13-27-22(17)25)14(2)11-29(19)21(30)9-6-16-5-8-20(24)32-16/h4-5,7-8,10,13-14,19H,3,6,9,11-12H2,1-2H3,(H2,25,26,27)/t14?,19-/m0/s1. The molecule has 3 heterocycles. The molecule has 0 spiro atoms. The zero-order valence-electron chi connectivity index (χ0n) is 18.1. The Kier molecular flexibility index (Phi) is 6.62. The van der Waals surface area contributed by atoms with Gasteiger partial charge in [-0.15, -0.1) is 11.3 Å². The largest absolute Gasteiger partial charge is 0.383 e. The van der Waals surface area contributed by atoms with E-state index in [1.807, 2.05) is 49.1 Å². The van der Waals surface area contributed by atoms with E-state index in [-0.39, 0.29) is 17.9 Å². The smallest absolute Gasteiger partial charge is 0.245 e. The number of halogens is 1. The van der Waals surface area contributed by atoms with Gasteiger partial charge < -0.3 is 15.5 Å². The number of rotatable bonds is 6. The Morgan fingerprint density at radius 2 is 2.09 bits per heavy atom. The molecule has 1 aromatic carbocycles. The molecule has 0 bridgehead atoms. The number of piperazine rings is 1. The molecule has 0 saturated carbocycles. The number of carbonyl (C=O) groups is 2. The molecule has 1 unspecified atom stereocenters. The van der Waals surface area contributed by atoms with E-state index in [1.165, 1.54) is 17.7 Å². The normalized spacial score (nSPS) is 19.0. The van der Waals surface area contributed by atoms with Crippen molar-refractivity contribution in [1.29, 1.82) is 0 Å². The van der Waals surface area contributed by atoms with E-state index in [2.05, 4.69) is 9.97 Å². The molecule has 32 heavy (non-hydrogen) atoms. The third-order valence-corrected chi connectivity index (χ3v) is 7.23. The van der Waals surface area contributed by atoms with Crippen LogP contribution in [0.15, 0.2) is 36.7 Å². The molecule has 2 atom stereocenters. The third kappa shape index (κ3) is 4.56. The maximum absolute atomic E-state index is 13.4. The second-order valence-corrected chi connectivity index (χ2v) is 9.90. The van der Waals surface area contributed by atoms with Crippen LogP contribution >= 0.6 is 22.9 Å². The Balaban J connectivity index is 1.47. The number of aryl methyl sites for hydroxylation is 1. The molecular weight excluding hydrogens is 446 g/mol. The summed E-state index contributed by atoms with van der Waals surface area (Å²) in [6.45, 7) is 4.93. The molecule has 2 N–H and O–H groups in total. The van der Waals surface area contributed by atoms with Crippen LogP contribution in [0.3, 0.4) is 0 Å². The minimum atomic E-state index is -0.441. The fraction of sp³-hybridized carbons (Fsp3) is 0.391. The number of nitrogens with zero attached hydrogens (tertiary/aromatic N) is 4. The minimum absolute atomic E-state index is 0.0129. The summed E-state index contributed by atoms with van der Waals surface area (Å²) < 4.78 is 0.721. The number of nitrogen functional groups attached to an aromatic ring is 1. The molecule has 1 fully saturated rings. The van der Waals surface area contributed by atoms with Gasteiger partial charge in [-0.2, -0.15) is 0 Å². The molecule has 1 aliphatic rings. The molecule has 3 aromatic rings. The first-order valence-electron chi connectivity index (χ1n) is 10.7. The van der Waals surface area contributed by atoms with Gasteiger partial charge in [-0.1, -0.05) is 24.6 Å². The molecular formula is C23H26ClN5O2S. The van der Waals surface area contributed by atoms with Gasteiger partial charge in [0, 0.05) is 35.8 Å². The summed E-state index contributed by atoms with van der Waals surface area (Å²) in [6.07, 6.45) is 3.04. The molecule has 9 heteroatoms. The van der Waals surface area contributed by atoms with Crippen LogP contribution in [-0.2, 0) is 22.6 Å². The van der Waals surface area contributed by atoms with Gasteiger partial charge in [0.05, 0.1) is 9.85 Å². The van der Waals surface area contributed by atoms with Crippen molar-refractivity contribution in [3.8, 4) is 0 Å². The molecule has 0 radical (unpaired) electrons. The van der Waals surface area contributed by atoms with Crippen molar-refractivity contribution in [2.24, 2.45) is 0 Å². The van der Waals surface area contributed by atoms with E-state index in [0.29, 0.717) is 38.2 Å². The van der Waals surface area contributed by atoms with Crippen molar-refractivity contribution in [3.63, 3.8) is 0 Å². The zero-order valence-corrected chi connectivity index (χ0v) is 19.7. The Labute approximate surface area is 196 Å². The zero-order chi connectivity index (χ0) is 22.8. The highest BCUT2D eigenvalue weighted by Crippen LogP contribution is 2.26. The van der Waals surface area contributed by atoms with Crippen LogP contribution in [0.2, 0.25) is 4.34 Å². The highest BCUT2D eigenvalue weighted by molar-refractivity contribution is 7.16. The van der Waals surface area contributed by atoms with Gasteiger partial charge in [-0.05, 0) is 49.6 Å². The van der Waals surface area contributed by atoms with E-state index < -0.39 is 6.04 Å². The molecule has 168 valence electrons. The van der Waals surface area contributed by atoms with Crippen molar-refractivity contribution >= 4 is 51.5 Å². The number of nitrogens with two attached hydrogens (primary N) is 1. The maximum atomic E-state index is 13.4. The average Bonchev–Trinajstić information content (AvgIpc) is 3.20. The Hall–Kier alpha value is -2.71. The van der Waals surface area contributed by atoms with Crippen LogP contribution in [-0.4, -0.2) is 50.2 Å².